The molecule has 0 saturated carbocycles. The first kappa shape index (κ1) is 19.1. The van der Waals surface area contributed by atoms with Gasteiger partial charge in [-0.2, -0.15) is 5.10 Å². The van der Waals surface area contributed by atoms with Crippen molar-refractivity contribution in [2.45, 2.75) is 32.7 Å². The minimum absolute atomic E-state index is 0.0354. The normalized spacial score (nSPS) is 16.4. The van der Waals surface area contributed by atoms with Gasteiger partial charge in [0, 0.05) is 49.9 Å². The van der Waals surface area contributed by atoms with Crippen molar-refractivity contribution in [3.63, 3.8) is 0 Å². The molecule has 1 saturated heterocycles. The van der Waals surface area contributed by atoms with Gasteiger partial charge in [0.1, 0.15) is 0 Å². The van der Waals surface area contributed by atoms with Gasteiger partial charge in [0.2, 0.25) is 0 Å². The average molecular weight is 397 g/mol. The first-order valence-corrected chi connectivity index (χ1v) is 9.84. The number of aryl methyl sites for hydroxylation is 1. The van der Waals surface area contributed by atoms with Gasteiger partial charge in [0.15, 0.2) is 0 Å². The highest BCUT2D eigenvalue weighted by atomic mass is 16.6. The van der Waals surface area contributed by atoms with Crippen LogP contribution in [0.25, 0.3) is 0 Å². The van der Waals surface area contributed by atoms with Crippen molar-refractivity contribution in [3.05, 3.63) is 56.9 Å². The minimum Gasteiger partial charge on any atom is -0.335 e. The Labute approximate surface area is 168 Å². The molecule has 0 unspecified atom stereocenters. The number of piperazine rings is 1. The number of fused-ring (bicyclic) bond motifs is 1. The maximum atomic E-state index is 12.9. The number of carbonyl (C=O) groups is 2. The standard InChI is InChI=1S/C20H23N5O4/c1-14-15(5-4-7-17(14)25(28)29)19(26)22-9-11-23(12-10-22)20(27)16-13-21-24-8-3-2-6-18(16)24/h4-5,7,13H,2-3,6,8-12H2,1H3. The van der Waals surface area contributed by atoms with Crippen molar-refractivity contribution in [1.82, 2.24) is 19.6 Å². The Bertz CT molecular complexity index is 975. The van der Waals surface area contributed by atoms with E-state index in [2.05, 4.69) is 5.10 Å². The van der Waals surface area contributed by atoms with E-state index in [-0.39, 0.29) is 17.5 Å². The molecule has 29 heavy (non-hydrogen) atoms. The lowest BCUT2D eigenvalue weighted by molar-refractivity contribution is -0.385. The number of amides is 2. The molecule has 0 radical (unpaired) electrons. The lowest BCUT2D eigenvalue weighted by Crippen LogP contribution is -2.50. The summed E-state index contributed by atoms with van der Waals surface area (Å²) in [5.41, 5.74) is 2.32. The highest BCUT2D eigenvalue weighted by molar-refractivity contribution is 5.97. The number of carbonyl (C=O) groups excluding carboxylic acids is 2. The van der Waals surface area contributed by atoms with Crippen LogP contribution in [0.4, 0.5) is 5.69 Å². The van der Waals surface area contributed by atoms with E-state index in [1.54, 1.807) is 29.0 Å². The van der Waals surface area contributed by atoms with Gasteiger partial charge in [-0.05, 0) is 32.3 Å². The molecular weight excluding hydrogens is 374 g/mol. The number of nitro groups is 1. The second-order valence-electron chi connectivity index (χ2n) is 7.48. The molecule has 2 aliphatic heterocycles. The number of nitrogens with zero attached hydrogens (tertiary/aromatic N) is 5. The Morgan fingerprint density at radius 2 is 1.66 bits per heavy atom. The summed E-state index contributed by atoms with van der Waals surface area (Å²) in [6, 6.07) is 4.54. The summed E-state index contributed by atoms with van der Waals surface area (Å²) in [5, 5.41) is 15.5. The van der Waals surface area contributed by atoms with Gasteiger partial charge in [-0.15, -0.1) is 0 Å². The molecule has 9 heteroatoms. The number of rotatable bonds is 3. The number of hydrogen-bond acceptors (Lipinski definition) is 5. The predicted molar refractivity (Wildman–Crippen MR) is 105 cm³/mol. The van der Waals surface area contributed by atoms with Gasteiger partial charge in [-0.1, -0.05) is 6.07 Å². The molecule has 0 spiro atoms. The van der Waals surface area contributed by atoms with Crippen LogP contribution in [0, 0.1) is 17.0 Å². The first-order chi connectivity index (χ1) is 14.0. The topological polar surface area (TPSA) is 102 Å². The van der Waals surface area contributed by atoms with E-state index in [9.17, 15) is 19.7 Å². The Kier molecular flexibility index (Phi) is 5.04. The summed E-state index contributed by atoms with van der Waals surface area (Å²) >= 11 is 0. The summed E-state index contributed by atoms with van der Waals surface area (Å²) in [5.74, 6) is -0.270. The molecule has 0 aliphatic carbocycles. The van der Waals surface area contributed by atoms with Crippen LogP contribution in [-0.4, -0.2) is 62.5 Å². The van der Waals surface area contributed by atoms with E-state index in [0.717, 1.165) is 31.5 Å². The summed E-state index contributed by atoms with van der Waals surface area (Å²) in [6.45, 7) is 4.11. The molecule has 0 N–H and O–H groups in total. The van der Waals surface area contributed by atoms with E-state index in [4.69, 9.17) is 0 Å². The zero-order valence-electron chi connectivity index (χ0n) is 16.3. The van der Waals surface area contributed by atoms with Crippen LogP contribution in [0.15, 0.2) is 24.4 Å². The zero-order valence-corrected chi connectivity index (χ0v) is 16.3. The monoisotopic (exact) mass is 397 g/mol. The Morgan fingerprint density at radius 3 is 2.31 bits per heavy atom. The average Bonchev–Trinajstić information content (AvgIpc) is 3.17. The third kappa shape index (κ3) is 3.48. The largest absolute Gasteiger partial charge is 0.335 e. The van der Waals surface area contributed by atoms with Gasteiger partial charge in [-0.25, -0.2) is 0 Å². The van der Waals surface area contributed by atoms with Gasteiger partial charge in [0.25, 0.3) is 17.5 Å². The van der Waals surface area contributed by atoms with Crippen LogP contribution in [0.2, 0.25) is 0 Å². The third-order valence-electron chi connectivity index (χ3n) is 5.80. The van der Waals surface area contributed by atoms with Crippen molar-refractivity contribution < 1.29 is 14.5 Å². The van der Waals surface area contributed by atoms with E-state index in [1.807, 2.05) is 4.68 Å². The zero-order chi connectivity index (χ0) is 20.5. The Balaban J connectivity index is 1.44. The van der Waals surface area contributed by atoms with Crippen molar-refractivity contribution in [2.24, 2.45) is 0 Å². The molecule has 3 heterocycles. The molecule has 0 bridgehead atoms. The quantitative estimate of drug-likeness (QED) is 0.583. The van der Waals surface area contributed by atoms with Crippen LogP contribution in [0.1, 0.15) is 44.8 Å². The van der Waals surface area contributed by atoms with Crippen LogP contribution >= 0.6 is 0 Å². The summed E-state index contributed by atoms with van der Waals surface area (Å²) in [4.78, 5) is 39.9. The molecule has 1 fully saturated rings. The maximum Gasteiger partial charge on any atom is 0.273 e. The molecular formula is C20H23N5O4. The SMILES string of the molecule is Cc1c(C(=O)N2CCN(C(=O)c3cnn4c3CCCC4)CC2)cccc1[N+](=O)[O-]. The van der Waals surface area contributed by atoms with E-state index >= 15 is 0 Å². The van der Waals surface area contributed by atoms with E-state index < -0.39 is 4.92 Å². The lowest BCUT2D eigenvalue weighted by atomic mass is 10.0. The van der Waals surface area contributed by atoms with Crippen molar-refractivity contribution in [2.75, 3.05) is 26.2 Å². The van der Waals surface area contributed by atoms with Crippen LogP contribution in [-0.2, 0) is 13.0 Å². The molecule has 152 valence electrons. The van der Waals surface area contributed by atoms with Crippen LogP contribution < -0.4 is 0 Å². The fourth-order valence-corrected chi connectivity index (χ4v) is 4.11. The lowest BCUT2D eigenvalue weighted by Gasteiger charge is -2.35. The van der Waals surface area contributed by atoms with Gasteiger partial charge in [0.05, 0.1) is 22.4 Å². The number of hydrogen-bond donors (Lipinski definition) is 0. The highest BCUT2D eigenvalue weighted by Gasteiger charge is 2.30. The van der Waals surface area contributed by atoms with Crippen molar-refractivity contribution >= 4 is 17.5 Å². The van der Waals surface area contributed by atoms with Crippen molar-refractivity contribution in [3.8, 4) is 0 Å². The second-order valence-corrected chi connectivity index (χ2v) is 7.48. The van der Waals surface area contributed by atoms with Gasteiger partial charge >= 0.3 is 0 Å². The van der Waals surface area contributed by atoms with Gasteiger partial charge < -0.3 is 9.80 Å². The molecule has 2 aromatic rings. The van der Waals surface area contributed by atoms with Gasteiger partial charge in [-0.3, -0.25) is 24.4 Å². The van der Waals surface area contributed by atoms with E-state index in [1.165, 1.54) is 12.1 Å². The van der Waals surface area contributed by atoms with E-state index in [0.29, 0.717) is 42.9 Å². The molecule has 1 aromatic heterocycles. The molecule has 9 nitrogen and oxygen atoms in total. The fraction of sp³-hybridized carbons (Fsp3) is 0.450. The number of benzene rings is 1. The predicted octanol–water partition coefficient (Wildman–Crippen LogP) is 2.03. The summed E-state index contributed by atoms with van der Waals surface area (Å²) < 4.78 is 1.92. The van der Waals surface area contributed by atoms with Crippen LogP contribution in [0.3, 0.4) is 0 Å². The molecule has 2 amide bonds. The minimum atomic E-state index is -0.477. The molecule has 2 aliphatic rings. The number of nitro benzene ring substituents is 1. The third-order valence-corrected chi connectivity index (χ3v) is 5.80. The Hall–Kier alpha value is -3.23. The molecule has 4 rings (SSSR count). The maximum absolute atomic E-state index is 12.9. The fourth-order valence-electron chi connectivity index (χ4n) is 4.11. The summed E-state index contributed by atoms with van der Waals surface area (Å²) in [6.07, 6.45) is 4.68. The number of aromatic nitrogens is 2. The highest BCUT2D eigenvalue weighted by Crippen LogP contribution is 2.24. The smallest absolute Gasteiger partial charge is 0.273 e. The van der Waals surface area contributed by atoms with Crippen LogP contribution in [0.5, 0.6) is 0 Å². The molecule has 0 atom stereocenters. The first-order valence-electron chi connectivity index (χ1n) is 9.84. The summed E-state index contributed by atoms with van der Waals surface area (Å²) in [7, 11) is 0. The van der Waals surface area contributed by atoms with Crippen molar-refractivity contribution in [1.29, 1.82) is 0 Å². The second kappa shape index (κ2) is 7.65. The molecule has 1 aromatic carbocycles. The Morgan fingerprint density at radius 1 is 1.00 bits per heavy atom.